The van der Waals surface area contributed by atoms with Crippen molar-refractivity contribution in [3.05, 3.63) is 63.6 Å². The highest BCUT2D eigenvalue weighted by molar-refractivity contribution is 9.09. The summed E-state index contributed by atoms with van der Waals surface area (Å²) < 4.78 is 5.78. The summed E-state index contributed by atoms with van der Waals surface area (Å²) >= 11 is 3.41. The van der Waals surface area contributed by atoms with E-state index in [1.165, 1.54) is 12.1 Å². The molecule has 0 fully saturated rings. The molecule has 0 aliphatic carbocycles. The van der Waals surface area contributed by atoms with Crippen molar-refractivity contribution < 1.29 is 9.66 Å². The van der Waals surface area contributed by atoms with E-state index in [0.717, 1.165) is 17.7 Å². The molecule has 0 saturated carbocycles. The van der Waals surface area contributed by atoms with Gasteiger partial charge in [-0.05, 0) is 18.1 Å². The number of ether oxygens (including phenoxy) is 1. The quantitative estimate of drug-likeness (QED) is 0.493. The summed E-state index contributed by atoms with van der Waals surface area (Å²) in [4.78, 5) is 14.6. The number of nitro benzene ring substituents is 1. The van der Waals surface area contributed by atoms with E-state index in [0.29, 0.717) is 16.9 Å². The first-order chi connectivity index (χ1) is 10.6. The van der Waals surface area contributed by atoms with Gasteiger partial charge in [-0.2, -0.15) is 0 Å². The fraction of sp³-hybridized carbons (Fsp3) is 0.267. The Balaban J connectivity index is 2.06. The molecule has 0 aromatic heterocycles. The standard InChI is InChI=1S/C15H16BrN3O3/c1-17-15-14(7-3-5-12(9-16)18-15)22-10-11-4-2-6-13(8-11)19(20)21/h2,4-8H,3,9-10H2,1H3,(H,17,18). The van der Waals surface area contributed by atoms with Gasteiger partial charge >= 0.3 is 0 Å². The van der Waals surface area contributed by atoms with Crippen LogP contribution >= 0.6 is 15.9 Å². The summed E-state index contributed by atoms with van der Waals surface area (Å²) in [6, 6.07) is 6.41. The normalized spacial score (nSPS) is 16.4. The summed E-state index contributed by atoms with van der Waals surface area (Å²) in [5, 5.41) is 14.7. The number of non-ortho nitro benzene ring substituents is 1. The van der Waals surface area contributed by atoms with Crippen LogP contribution < -0.4 is 5.32 Å². The second-order valence-corrected chi connectivity index (χ2v) is 5.14. The molecule has 0 radical (unpaired) electrons. The molecule has 1 aliphatic heterocycles. The third-order valence-corrected chi connectivity index (χ3v) is 3.67. The average Bonchev–Trinajstić information content (AvgIpc) is 2.74. The number of hydrogen-bond acceptors (Lipinski definition) is 4. The number of nitro groups is 1. The smallest absolute Gasteiger partial charge is 0.269 e. The van der Waals surface area contributed by atoms with Gasteiger partial charge in [-0.15, -0.1) is 0 Å². The van der Waals surface area contributed by atoms with Gasteiger partial charge in [-0.1, -0.05) is 34.1 Å². The van der Waals surface area contributed by atoms with Crippen molar-refractivity contribution >= 4 is 27.5 Å². The van der Waals surface area contributed by atoms with Crippen LogP contribution in [-0.4, -0.2) is 23.1 Å². The summed E-state index contributed by atoms with van der Waals surface area (Å²) in [5.74, 6) is 1.29. The van der Waals surface area contributed by atoms with Gasteiger partial charge in [0.15, 0.2) is 11.6 Å². The van der Waals surface area contributed by atoms with Crippen LogP contribution in [0.1, 0.15) is 12.0 Å². The lowest BCUT2D eigenvalue weighted by atomic mass is 10.2. The first-order valence-electron chi connectivity index (χ1n) is 6.69. The first kappa shape index (κ1) is 16.2. The van der Waals surface area contributed by atoms with Gasteiger partial charge < -0.3 is 10.1 Å². The molecule has 6 nitrogen and oxygen atoms in total. The lowest BCUT2D eigenvalue weighted by Gasteiger charge is -2.13. The van der Waals surface area contributed by atoms with Gasteiger partial charge in [0.1, 0.15) is 6.61 Å². The maximum atomic E-state index is 10.8. The zero-order valence-corrected chi connectivity index (χ0v) is 13.7. The molecule has 116 valence electrons. The van der Waals surface area contributed by atoms with E-state index >= 15 is 0 Å². The zero-order valence-electron chi connectivity index (χ0n) is 12.1. The molecule has 1 aromatic rings. The molecule has 0 saturated heterocycles. The Labute approximate surface area is 136 Å². The van der Waals surface area contributed by atoms with Crippen LogP contribution in [-0.2, 0) is 11.3 Å². The molecule has 0 bridgehead atoms. The number of halogens is 1. The molecule has 7 heteroatoms. The number of alkyl halides is 1. The lowest BCUT2D eigenvalue weighted by molar-refractivity contribution is -0.384. The minimum absolute atomic E-state index is 0.0571. The molecular formula is C15H16BrN3O3. The SMILES string of the molecule is CN=C1NC(CBr)=CCC=C1OCc1cccc([N+](=O)[O-])c1. The van der Waals surface area contributed by atoms with Crippen LogP contribution in [0.4, 0.5) is 5.69 Å². The average molecular weight is 366 g/mol. The van der Waals surface area contributed by atoms with Crippen LogP contribution in [0, 0.1) is 10.1 Å². The van der Waals surface area contributed by atoms with Gasteiger partial charge in [0.25, 0.3) is 5.69 Å². The van der Waals surface area contributed by atoms with Gasteiger partial charge in [0.2, 0.25) is 0 Å². The van der Waals surface area contributed by atoms with E-state index in [1.54, 1.807) is 19.2 Å². The molecule has 0 amide bonds. The summed E-state index contributed by atoms with van der Waals surface area (Å²) in [6.07, 6.45) is 4.71. The minimum Gasteiger partial charge on any atom is -0.485 e. The summed E-state index contributed by atoms with van der Waals surface area (Å²) in [7, 11) is 1.68. The molecule has 22 heavy (non-hydrogen) atoms. The maximum Gasteiger partial charge on any atom is 0.269 e. The Bertz CT molecular complexity index is 653. The maximum absolute atomic E-state index is 10.8. The Hall–Kier alpha value is -2.15. The van der Waals surface area contributed by atoms with Crippen LogP contribution in [0.5, 0.6) is 0 Å². The highest BCUT2D eigenvalue weighted by atomic mass is 79.9. The summed E-state index contributed by atoms with van der Waals surface area (Å²) in [6.45, 7) is 0.248. The van der Waals surface area contributed by atoms with E-state index < -0.39 is 4.92 Å². The van der Waals surface area contributed by atoms with Gasteiger partial charge in [0.05, 0.1) is 4.92 Å². The number of hydrogen-bond donors (Lipinski definition) is 1. The minimum atomic E-state index is -0.416. The van der Waals surface area contributed by atoms with Crippen molar-refractivity contribution in [1.29, 1.82) is 0 Å². The van der Waals surface area contributed by atoms with E-state index in [1.807, 2.05) is 12.2 Å². The molecule has 1 N–H and O–H groups in total. The van der Waals surface area contributed by atoms with Crippen LogP contribution in [0.25, 0.3) is 0 Å². The van der Waals surface area contributed by atoms with E-state index in [2.05, 4.69) is 26.2 Å². The monoisotopic (exact) mass is 365 g/mol. The molecule has 0 spiro atoms. The largest absolute Gasteiger partial charge is 0.485 e. The number of allylic oxidation sites excluding steroid dienone is 3. The number of aliphatic imine (C=N–C) groups is 1. The predicted octanol–water partition coefficient (Wildman–Crippen LogP) is 3.30. The number of nitrogens with zero attached hydrogens (tertiary/aromatic N) is 2. The zero-order chi connectivity index (χ0) is 15.9. The van der Waals surface area contributed by atoms with Crippen molar-refractivity contribution in [2.75, 3.05) is 12.4 Å². The Morgan fingerprint density at radius 3 is 2.95 bits per heavy atom. The number of nitrogens with one attached hydrogen (secondary N) is 1. The molecule has 1 aromatic carbocycles. The molecule has 0 unspecified atom stereocenters. The Morgan fingerprint density at radius 1 is 1.45 bits per heavy atom. The second kappa shape index (κ2) is 7.74. The highest BCUT2D eigenvalue weighted by Crippen LogP contribution is 2.17. The number of rotatable bonds is 5. The predicted molar refractivity (Wildman–Crippen MR) is 89.0 cm³/mol. The topological polar surface area (TPSA) is 76.8 Å². The van der Waals surface area contributed by atoms with Crippen LogP contribution in [0.3, 0.4) is 0 Å². The van der Waals surface area contributed by atoms with E-state index in [9.17, 15) is 10.1 Å². The third-order valence-electron chi connectivity index (χ3n) is 3.06. The fourth-order valence-corrected chi connectivity index (χ4v) is 2.34. The van der Waals surface area contributed by atoms with E-state index in [4.69, 9.17) is 4.74 Å². The van der Waals surface area contributed by atoms with Gasteiger partial charge in [0, 0.05) is 30.2 Å². The van der Waals surface area contributed by atoms with Gasteiger partial charge in [-0.25, -0.2) is 0 Å². The van der Waals surface area contributed by atoms with Crippen molar-refractivity contribution in [2.24, 2.45) is 4.99 Å². The highest BCUT2D eigenvalue weighted by Gasteiger charge is 2.13. The van der Waals surface area contributed by atoms with Gasteiger partial charge in [-0.3, -0.25) is 15.1 Å². The molecule has 1 aliphatic rings. The molecule has 1 heterocycles. The van der Waals surface area contributed by atoms with Crippen molar-refractivity contribution in [3.8, 4) is 0 Å². The van der Waals surface area contributed by atoms with E-state index in [-0.39, 0.29) is 12.3 Å². The van der Waals surface area contributed by atoms with Crippen molar-refractivity contribution in [3.63, 3.8) is 0 Å². The number of amidine groups is 1. The Kier molecular flexibility index (Phi) is 5.71. The second-order valence-electron chi connectivity index (χ2n) is 4.58. The molecule has 0 atom stereocenters. The van der Waals surface area contributed by atoms with Crippen LogP contribution in [0.2, 0.25) is 0 Å². The molecular weight excluding hydrogens is 350 g/mol. The first-order valence-corrected chi connectivity index (χ1v) is 7.81. The summed E-state index contributed by atoms with van der Waals surface area (Å²) in [5.41, 5.74) is 1.82. The van der Waals surface area contributed by atoms with Crippen molar-refractivity contribution in [1.82, 2.24) is 5.32 Å². The van der Waals surface area contributed by atoms with Crippen molar-refractivity contribution in [2.45, 2.75) is 13.0 Å². The fourth-order valence-electron chi connectivity index (χ4n) is 1.97. The Morgan fingerprint density at radius 2 is 2.27 bits per heavy atom. The lowest BCUT2D eigenvalue weighted by Crippen LogP contribution is -2.25. The molecule has 2 rings (SSSR count). The van der Waals surface area contributed by atoms with Crippen LogP contribution in [0.15, 0.2) is 52.9 Å². The third kappa shape index (κ3) is 4.17. The number of benzene rings is 1.